The van der Waals surface area contributed by atoms with Crippen molar-refractivity contribution in [2.75, 3.05) is 32.5 Å². The monoisotopic (exact) mass is 236 g/mol. The van der Waals surface area contributed by atoms with E-state index in [0.29, 0.717) is 11.5 Å². The van der Waals surface area contributed by atoms with E-state index in [0.717, 1.165) is 19.5 Å². The topological polar surface area (TPSA) is 78.3 Å². The van der Waals surface area contributed by atoms with Gasteiger partial charge in [-0.15, -0.1) is 5.10 Å². The fourth-order valence-corrected chi connectivity index (χ4v) is 1.51. The lowest BCUT2D eigenvalue weighted by Crippen LogP contribution is -2.18. The predicted octanol–water partition coefficient (Wildman–Crippen LogP) is -0.219. The predicted molar refractivity (Wildman–Crippen MR) is 65.3 cm³/mol. The number of nitrogens with zero attached hydrogens (tertiary/aromatic N) is 4. The molecule has 2 aromatic rings. The van der Waals surface area contributed by atoms with Crippen LogP contribution in [0.4, 0.5) is 5.82 Å². The minimum atomic E-state index is -0.322. The second kappa shape index (κ2) is 4.96. The second-order valence-electron chi connectivity index (χ2n) is 4.10. The summed E-state index contributed by atoms with van der Waals surface area (Å²) >= 11 is 0. The molecule has 2 N–H and O–H groups in total. The molecule has 0 saturated carbocycles. The van der Waals surface area contributed by atoms with Gasteiger partial charge >= 0.3 is 5.69 Å². The van der Waals surface area contributed by atoms with Crippen molar-refractivity contribution in [2.24, 2.45) is 0 Å². The van der Waals surface area contributed by atoms with Crippen LogP contribution in [0.2, 0.25) is 0 Å². The third kappa shape index (κ3) is 2.82. The molecule has 0 spiro atoms. The lowest BCUT2D eigenvalue weighted by Gasteiger charge is -2.09. The van der Waals surface area contributed by atoms with E-state index in [1.54, 1.807) is 6.07 Å². The molecular weight excluding hydrogens is 220 g/mol. The van der Waals surface area contributed by atoms with Gasteiger partial charge in [0.25, 0.3) is 0 Å². The minimum Gasteiger partial charge on any atom is -0.369 e. The first-order valence-electron chi connectivity index (χ1n) is 5.50. The molecule has 0 aliphatic carbocycles. The Balaban J connectivity index is 1.99. The number of anilines is 1. The van der Waals surface area contributed by atoms with E-state index in [1.807, 2.05) is 20.2 Å². The largest absolute Gasteiger partial charge is 0.369 e. The normalized spacial score (nSPS) is 11.2. The van der Waals surface area contributed by atoms with E-state index in [4.69, 9.17) is 0 Å². The highest BCUT2D eigenvalue weighted by Crippen LogP contribution is 2.02. The Morgan fingerprint density at radius 3 is 3.06 bits per heavy atom. The highest BCUT2D eigenvalue weighted by Gasteiger charge is 2.01. The van der Waals surface area contributed by atoms with Crippen LogP contribution in [-0.2, 0) is 0 Å². The van der Waals surface area contributed by atoms with Crippen LogP contribution in [0.3, 0.4) is 0 Å². The molecule has 92 valence electrons. The van der Waals surface area contributed by atoms with Crippen molar-refractivity contribution in [1.29, 1.82) is 0 Å². The zero-order valence-corrected chi connectivity index (χ0v) is 9.97. The van der Waals surface area contributed by atoms with Gasteiger partial charge < -0.3 is 10.2 Å². The van der Waals surface area contributed by atoms with Crippen LogP contribution in [0.1, 0.15) is 6.42 Å². The number of aromatic nitrogens is 4. The average molecular weight is 236 g/mol. The third-order valence-electron chi connectivity index (χ3n) is 2.36. The molecule has 0 aliphatic rings. The van der Waals surface area contributed by atoms with Crippen molar-refractivity contribution >= 4 is 11.5 Å². The molecule has 7 nitrogen and oxygen atoms in total. The van der Waals surface area contributed by atoms with E-state index in [1.165, 1.54) is 4.52 Å². The van der Waals surface area contributed by atoms with E-state index in [9.17, 15) is 4.79 Å². The van der Waals surface area contributed by atoms with E-state index in [2.05, 4.69) is 25.5 Å². The van der Waals surface area contributed by atoms with Gasteiger partial charge in [0.05, 0.1) is 0 Å². The van der Waals surface area contributed by atoms with Gasteiger partial charge in [0.1, 0.15) is 5.82 Å². The fraction of sp³-hybridized carbons (Fsp3) is 0.500. The van der Waals surface area contributed by atoms with Crippen molar-refractivity contribution in [3.05, 3.63) is 22.6 Å². The SMILES string of the molecule is CN(C)CCCNc1ccc2n[nH]c(=O)n2n1. The van der Waals surface area contributed by atoms with Crippen LogP contribution in [0.5, 0.6) is 0 Å². The summed E-state index contributed by atoms with van der Waals surface area (Å²) < 4.78 is 1.24. The van der Waals surface area contributed by atoms with Crippen molar-refractivity contribution < 1.29 is 0 Å². The maximum atomic E-state index is 11.3. The summed E-state index contributed by atoms with van der Waals surface area (Å²) in [5, 5.41) is 13.5. The highest BCUT2D eigenvalue weighted by molar-refractivity contribution is 5.42. The Hall–Kier alpha value is -1.89. The van der Waals surface area contributed by atoms with Crippen LogP contribution < -0.4 is 11.0 Å². The van der Waals surface area contributed by atoms with Crippen LogP contribution in [0, 0.1) is 0 Å². The quantitative estimate of drug-likeness (QED) is 0.702. The zero-order chi connectivity index (χ0) is 12.3. The van der Waals surface area contributed by atoms with Gasteiger partial charge in [-0.25, -0.2) is 9.89 Å². The number of H-pyrrole nitrogens is 1. The Kier molecular flexibility index (Phi) is 3.38. The molecule has 0 aromatic carbocycles. The molecule has 0 unspecified atom stereocenters. The average Bonchev–Trinajstić information content (AvgIpc) is 2.66. The summed E-state index contributed by atoms with van der Waals surface area (Å²) in [5.74, 6) is 0.680. The van der Waals surface area contributed by atoms with E-state index < -0.39 is 0 Å². The summed E-state index contributed by atoms with van der Waals surface area (Å²) in [6, 6.07) is 3.56. The van der Waals surface area contributed by atoms with Crippen LogP contribution in [-0.4, -0.2) is 51.9 Å². The zero-order valence-electron chi connectivity index (χ0n) is 9.97. The summed E-state index contributed by atoms with van der Waals surface area (Å²) in [4.78, 5) is 13.4. The van der Waals surface area contributed by atoms with Gasteiger partial charge in [-0.3, -0.25) is 0 Å². The number of rotatable bonds is 5. The Labute approximate surface area is 98.4 Å². The van der Waals surface area contributed by atoms with Gasteiger partial charge in [-0.2, -0.15) is 9.61 Å². The van der Waals surface area contributed by atoms with Gasteiger partial charge in [0.15, 0.2) is 5.65 Å². The summed E-state index contributed by atoms with van der Waals surface area (Å²) in [6.45, 7) is 1.84. The Morgan fingerprint density at radius 2 is 2.29 bits per heavy atom. The molecule has 0 amide bonds. The maximum absolute atomic E-state index is 11.3. The first-order valence-corrected chi connectivity index (χ1v) is 5.50. The molecule has 2 aromatic heterocycles. The lowest BCUT2D eigenvalue weighted by atomic mass is 10.4. The molecule has 0 fully saturated rings. The lowest BCUT2D eigenvalue weighted by molar-refractivity contribution is 0.405. The number of nitrogens with one attached hydrogen (secondary N) is 2. The highest BCUT2D eigenvalue weighted by atomic mass is 16.2. The molecule has 0 atom stereocenters. The third-order valence-corrected chi connectivity index (χ3v) is 2.36. The number of hydrogen-bond donors (Lipinski definition) is 2. The molecule has 0 bridgehead atoms. The molecule has 0 aliphatic heterocycles. The van der Waals surface area contributed by atoms with Crippen molar-refractivity contribution in [3.63, 3.8) is 0 Å². The summed E-state index contributed by atoms with van der Waals surface area (Å²) in [5.41, 5.74) is 0.200. The summed E-state index contributed by atoms with van der Waals surface area (Å²) in [6.07, 6.45) is 1.02. The Bertz CT molecular complexity index is 543. The van der Waals surface area contributed by atoms with Gasteiger partial charge in [0.2, 0.25) is 0 Å². The number of hydrogen-bond acceptors (Lipinski definition) is 5. The number of fused-ring (bicyclic) bond motifs is 1. The van der Waals surface area contributed by atoms with Gasteiger partial charge in [-0.05, 0) is 39.2 Å². The Morgan fingerprint density at radius 1 is 1.47 bits per heavy atom. The molecule has 0 saturated heterocycles. The number of aromatic amines is 1. The van der Waals surface area contributed by atoms with Crippen LogP contribution >= 0.6 is 0 Å². The van der Waals surface area contributed by atoms with Gasteiger partial charge in [0, 0.05) is 6.54 Å². The summed E-state index contributed by atoms with van der Waals surface area (Å²) in [7, 11) is 4.07. The van der Waals surface area contributed by atoms with Crippen molar-refractivity contribution in [1.82, 2.24) is 24.7 Å². The maximum Gasteiger partial charge on any atom is 0.364 e. The molecular formula is C10H16N6O. The molecule has 0 radical (unpaired) electrons. The first kappa shape index (κ1) is 11.6. The first-order chi connectivity index (χ1) is 8.16. The standard InChI is InChI=1S/C10H16N6O/c1-15(2)7-3-6-11-8-4-5-9-12-13-10(17)16(9)14-8/h4-5H,3,6-7H2,1-2H3,(H,11,14)(H,13,17). The van der Waals surface area contributed by atoms with Crippen molar-refractivity contribution in [2.45, 2.75) is 6.42 Å². The molecule has 17 heavy (non-hydrogen) atoms. The second-order valence-corrected chi connectivity index (χ2v) is 4.10. The molecule has 2 heterocycles. The van der Waals surface area contributed by atoms with Crippen molar-refractivity contribution in [3.8, 4) is 0 Å². The van der Waals surface area contributed by atoms with Crippen LogP contribution in [0.25, 0.3) is 5.65 Å². The molecule has 2 rings (SSSR count). The fourth-order valence-electron chi connectivity index (χ4n) is 1.51. The minimum absolute atomic E-state index is 0.322. The smallest absolute Gasteiger partial charge is 0.364 e. The van der Waals surface area contributed by atoms with E-state index in [-0.39, 0.29) is 5.69 Å². The van der Waals surface area contributed by atoms with Crippen LogP contribution in [0.15, 0.2) is 16.9 Å². The van der Waals surface area contributed by atoms with E-state index >= 15 is 0 Å². The molecule has 7 heteroatoms. The van der Waals surface area contributed by atoms with Gasteiger partial charge in [-0.1, -0.05) is 0 Å².